The molecule has 0 spiro atoms. The number of carbonyl (C=O) groups excluding carboxylic acids is 2. The molecule has 1 atom stereocenters. The number of benzene rings is 1. The van der Waals surface area contributed by atoms with Crippen molar-refractivity contribution in [3.05, 3.63) is 29.8 Å². The molecular formula is C19H31N3O2. The van der Waals surface area contributed by atoms with E-state index in [4.69, 9.17) is 0 Å². The molecule has 0 aromatic heterocycles. The van der Waals surface area contributed by atoms with Gasteiger partial charge in [-0.05, 0) is 36.5 Å². The molecule has 5 nitrogen and oxygen atoms in total. The van der Waals surface area contributed by atoms with E-state index in [2.05, 4.69) is 39.8 Å². The number of hydrogen-bond acceptors (Lipinski definition) is 3. The maximum atomic E-state index is 11.9. The second-order valence-electron chi connectivity index (χ2n) is 7.75. The van der Waals surface area contributed by atoms with Crippen molar-refractivity contribution in [1.29, 1.82) is 0 Å². The van der Waals surface area contributed by atoms with Gasteiger partial charge in [-0.1, -0.05) is 32.9 Å². The van der Waals surface area contributed by atoms with Gasteiger partial charge in [-0.15, -0.1) is 0 Å². The number of carbonyl (C=O) groups is 2. The first kappa shape index (κ1) is 20.0. The first-order valence-corrected chi connectivity index (χ1v) is 8.39. The van der Waals surface area contributed by atoms with E-state index < -0.39 is 0 Å². The van der Waals surface area contributed by atoms with Crippen molar-refractivity contribution in [1.82, 2.24) is 10.6 Å². The Kier molecular flexibility index (Phi) is 7.26. The van der Waals surface area contributed by atoms with Crippen LogP contribution in [0.3, 0.4) is 0 Å². The molecule has 0 aliphatic heterocycles. The third-order valence-corrected chi connectivity index (χ3v) is 3.54. The second-order valence-corrected chi connectivity index (χ2v) is 7.75. The van der Waals surface area contributed by atoms with Gasteiger partial charge in [0.05, 0.1) is 6.54 Å². The molecule has 1 rings (SSSR count). The highest BCUT2D eigenvalue weighted by atomic mass is 16.2. The first-order valence-electron chi connectivity index (χ1n) is 8.39. The molecular weight excluding hydrogens is 302 g/mol. The highest BCUT2D eigenvalue weighted by molar-refractivity contribution is 5.85. The summed E-state index contributed by atoms with van der Waals surface area (Å²) in [7, 11) is 4.01. The van der Waals surface area contributed by atoms with E-state index in [1.165, 1.54) is 5.56 Å². The fourth-order valence-electron chi connectivity index (χ4n) is 2.38. The van der Waals surface area contributed by atoms with Gasteiger partial charge in [-0.25, -0.2) is 0 Å². The normalized spacial score (nSPS) is 12.4. The molecule has 0 saturated heterocycles. The van der Waals surface area contributed by atoms with E-state index in [9.17, 15) is 9.59 Å². The topological polar surface area (TPSA) is 61.4 Å². The second kappa shape index (κ2) is 8.71. The maximum Gasteiger partial charge on any atom is 0.239 e. The summed E-state index contributed by atoms with van der Waals surface area (Å²) in [6.07, 6.45) is 1.17. The molecule has 0 radical (unpaired) electrons. The first-order chi connectivity index (χ1) is 11.1. The fraction of sp³-hybridized carbons (Fsp3) is 0.579. The van der Waals surface area contributed by atoms with Crippen molar-refractivity contribution >= 4 is 17.5 Å². The molecule has 0 bridgehead atoms. The summed E-state index contributed by atoms with van der Waals surface area (Å²) >= 11 is 0. The van der Waals surface area contributed by atoms with Crippen molar-refractivity contribution in [3.8, 4) is 0 Å². The van der Waals surface area contributed by atoms with Crippen LogP contribution in [-0.4, -0.2) is 38.5 Å². The smallest absolute Gasteiger partial charge is 0.239 e. The van der Waals surface area contributed by atoms with Crippen LogP contribution in [0.4, 0.5) is 5.69 Å². The average molecular weight is 333 g/mol. The minimum absolute atomic E-state index is 0.0159. The van der Waals surface area contributed by atoms with Gasteiger partial charge in [-0.2, -0.15) is 0 Å². The van der Waals surface area contributed by atoms with E-state index in [-0.39, 0.29) is 29.8 Å². The van der Waals surface area contributed by atoms with Crippen LogP contribution in [0.15, 0.2) is 24.3 Å². The Morgan fingerprint density at radius 3 is 2.17 bits per heavy atom. The van der Waals surface area contributed by atoms with Crippen LogP contribution in [0.2, 0.25) is 0 Å². The van der Waals surface area contributed by atoms with Gasteiger partial charge < -0.3 is 15.5 Å². The van der Waals surface area contributed by atoms with Crippen LogP contribution in [0.25, 0.3) is 0 Å². The lowest BCUT2D eigenvalue weighted by molar-refractivity contribution is -0.127. The number of nitrogens with one attached hydrogen (secondary N) is 2. The summed E-state index contributed by atoms with van der Waals surface area (Å²) in [5, 5.41) is 5.59. The maximum absolute atomic E-state index is 11.9. The Morgan fingerprint density at radius 2 is 1.67 bits per heavy atom. The molecule has 1 unspecified atom stereocenters. The monoisotopic (exact) mass is 333 g/mol. The van der Waals surface area contributed by atoms with Crippen LogP contribution in [-0.2, 0) is 16.0 Å². The number of rotatable bonds is 7. The molecule has 2 amide bonds. The third kappa shape index (κ3) is 7.99. The summed E-state index contributed by atoms with van der Waals surface area (Å²) in [6.45, 7) is 7.98. The van der Waals surface area contributed by atoms with E-state index in [1.807, 2.05) is 41.8 Å². The van der Waals surface area contributed by atoms with Crippen LogP contribution in [0.1, 0.15) is 39.7 Å². The Labute approximate surface area is 145 Å². The zero-order valence-corrected chi connectivity index (χ0v) is 15.8. The number of hydrogen-bond donors (Lipinski definition) is 2. The van der Waals surface area contributed by atoms with Crippen molar-refractivity contribution in [2.45, 2.75) is 46.6 Å². The van der Waals surface area contributed by atoms with Gasteiger partial charge >= 0.3 is 0 Å². The molecule has 0 fully saturated rings. The van der Waals surface area contributed by atoms with Crippen molar-refractivity contribution in [2.75, 3.05) is 25.5 Å². The van der Waals surface area contributed by atoms with Gasteiger partial charge in [0.15, 0.2) is 0 Å². The van der Waals surface area contributed by atoms with Crippen LogP contribution < -0.4 is 15.5 Å². The van der Waals surface area contributed by atoms with Gasteiger partial charge in [0.2, 0.25) is 11.8 Å². The molecule has 0 heterocycles. The average Bonchev–Trinajstić information content (AvgIpc) is 2.43. The molecule has 1 aromatic rings. The van der Waals surface area contributed by atoms with E-state index >= 15 is 0 Å². The van der Waals surface area contributed by atoms with Crippen LogP contribution in [0, 0.1) is 5.41 Å². The number of amides is 2. The molecule has 24 heavy (non-hydrogen) atoms. The summed E-state index contributed by atoms with van der Waals surface area (Å²) in [4.78, 5) is 25.7. The standard InChI is InChI=1S/C19H31N3O2/c1-14(11-15-7-9-16(10-8-15)22(5)6)21-18(24)13-20-17(23)12-19(2,3)4/h7-10,14H,11-13H2,1-6H3,(H,20,23)(H,21,24). The quantitative estimate of drug-likeness (QED) is 0.805. The Bertz CT molecular complexity index is 545. The van der Waals surface area contributed by atoms with Crippen LogP contribution in [0.5, 0.6) is 0 Å². The Morgan fingerprint density at radius 1 is 1.08 bits per heavy atom. The summed E-state index contributed by atoms with van der Waals surface area (Å²) in [5.74, 6) is -0.251. The predicted octanol–water partition coefficient (Wildman–Crippen LogP) is 2.35. The SMILES string of the molecule is CC(Cc1ccc(N(C)C)cc1)NC(=O)CNC(=O)CC(C)(C)C. The van der Waals surface area contributed by atoms with Crippen molar-refractivity contribution in [2.24, 2.45) is 5.41 Å². The Hall–Kier alpha value is -2.04. The minimum atomic E-state index is -0.158. The van der Waals surface area contributed by atoms with Gasteiger partial charge in [0.1, 0.15) is 0 Å². The summed E-state index contributed by atoms with van der Waals surface area (Å²) in [5.41, 5.74) is 2.24. The molecule has 0 aliphatic rings. The molecule has 0 aliphatic carbocycles. The molecule has 134 valence electrons. The molecule has 5 heteroatoms. The van der Waals surface area contributed by atoms with Crippen molar-refractivity contribution in [3.63, 3.8) is 0 Å². The third-order valence-electron chi connectivity index (χ3n) is 3.54. The number of anilines is 1. The lowest BCUT2D eigenvalue weighted by atomic mass is 9.92. The van der Waals surface area contributed by atoms with E-state index in [0.717, 1.165) is 12.1 Å². The zero-order valence-electron chi connectivity index (χ0n) is 15.8. The summed E-state index contributed by atoms with van der Waals surface area (Å²) < 4.78 is 0. The summed E-state index contributed by atoms with van der Waals surface area (Å²) in [6, 6.07) is 8.29. The van der Waals surface area contributed by atoms with Gasteiger partial charge in [0.25, 0.3) is 0 Å². The highest BCUT2D eigenvalue weighted by Gasteiger charge is 2.16. The molecule has 0 saturated carbocycles. The van der Waals surface area contributed by atoms with Crippen molar-refractivity contribution < 1.29 is 9.59 Å². The number of nitrogens with zero attached hydrogens (tertiary/aromatic N) is 1. The molecule has 2 N–H and O–H groups in total. The lowest BCUT2D eigenvalue weighted by Crippen LogP contribution is -2.42. The highest BCUT2D eigenvalue weighted by Crippen LogP contribution is 2.17. The van der Waals surface area contributed by atoms with E-state index in [0.29, 0.717) is 6.42 Å². The predicted molar refractivity (Wildman–Crippen MR) is 99.2 cm³/mol. The van der Waals surface area contributed by atoms with Crippen LogP contribution >= 0.6 is 0 Å². The lowest BCUT2D eigenvalue weighted by Gasteiger charge is -2.18. The Balaban J connectivity index is 2.37. The fourth-order valence-corrected chi connectivity index (χ4v) is 2.38. The van der Waals surface area contributed by atoms with Gasteiger partial charge in [-0.3, -0.25) is 9.59 Å². The largest absolute Gasteiger partial charge is 0.378 e. The zero-order chi connectivity index (χ0) is 18.3. The minimum Gasteiger partial charge on any atom is -0.378 e. The van der Waals surface area contributed by atoms with Gasteiger partial charge in [0, 0.05) is 32.2 Å². The van der Waals surface area contributed by atoms with E-state index in [1.54, 1.807) is 0 Å². The molecule has 1 aromatic carbocycles.